The molecule has 2 unspecified atom stereocenters. The zero-order valence-corrected chi connectivity index (χ0v) is 13.3. The number of aliphatic carboxylic acids is 1. The molecular weight excluding hydrogens is 268 g/mol. The maximum absolute atomic E-state index is 12.7. The fourth-order valence-electron chi connectivity index (χ4n) is 3.70. The smallest absolute Gasteiger partial charge is 0.320 e. The summed E-state index contributed by atoms with van der Waals surface area (Å²) in [7, 11) is 0. The summed E-state index contributed by atoms with van der Waals surface area (Å²) >= 11 is 0. The summed E-state index contributed by atoms with van der Waals surface area (Å²) in [4.78, 5) is 27.4. The molecule has 2 aliphatic rings. The van der Waals surface area contributed by atoms with E-state index in [1.807, 2.05) is 4.90 Å². The highest BCUT2D eigenvalue weighted by atomic mass is 16.4. The molecule has 2 fully saturated rings. The van der Waals surface area contributed by atoms with E-state index < -0.39 is 5.97 Å². The predicted octanol–water partition coefficient (Wildman–Crippen LogP) is 2.95. The Bertz CT molecular complexity index is 368. The van der Waals surface area contributed by atoms with E-state index in [9.17, 15) is 9.59 Å². The highest BCUT2D eigenvalue weighted by Gasteiger charge is 2.33. The zero-order valence-electron chi connectivity index (χ0n) is 13.3. The number of carboxylic acid groups (broad SMARTS) is 1. The minimum atomic E-state index is -0.718. The normalized spacial score (nSPS) is 27.7. The maximum atomic E-state index is 12.7. The van der Waals surface area contributed by atoms with E-state index in [1.165, 1.54) is 6.42 Å². The summed E-state index contributed by atoms with van der Waals surface area (Å²) in [5.41, 5.74) is 0. The van der Waals surface area contributed by atoms with Gasteiger partial charge < -0.3 is 14.9 Å². The van der Waals surface area contributed by atoms with Crippen LogP contribution in [0.5, 0.6) is 0 Å². The molecule has 5 heteroatoms. The molecule has 2 atom stereocenters. The molecule has 0 aromatic rings. The number of nitrogens with zero attached hydrogens (tertiary/aromatic N) is 2. The molecule has 0 aliphatic carbocycles. The summed E-state index contributed by atoms with van der Waals surface area (Å²) < 4.78 is 0. The van der Waals surface area contributed by atoms with Crippen LogP contribution in [0.15, 0.2) is 0 Å². The van der Waals surface area contributed by atoms with Crippen LogP contribution in [0.4, 0.5) is 4.79 Å². The van der Waals surface area contributed by atoms with Crippen LogP contribution in [-0.2, 0) is 4.79 Å². The molecule has 2 rings (SSSR count). The molecule has 2 heterocycles. The average molecular weight is 296 g/mol. The second kappa shape index (κ2) is 7.14. The second-order valence-electron chi connectivity index (χ2n) is 6.68. The summed E-state index contributed by atoms with van der Waals surface area (Å²) in [6, 6.07) is 0.864. The molecule has 2 amide bonds. The van der Waals surface area contributed by atoms with Crippen LogP contribution in [0.3, 0.4) is 0 Å². The fourth-order valence-corrected chi connectivity index (χ4v) is 3.70. The van der Waals surface area contributed by atoms with E-state index in [-0.39, 0.29) is 12.5 Å². The Morgan fingerprint density at radius 1 is 1.05 bits per heavy atom. The van der Waals surface area contributed by atoms with Crippen molar-refractivity contribution >= 4 is 12.0 Å². The van der Waals surface area contributed by atoms with Crippen LogP contribution in [0.1, 0.15) is 58.8 Å². The van der Waals surface area contributed by atoms with Gasteiger partial charge in [0, 0.05) is 31.6 Å². The SMILES string of the molecule is CC1CCCC(C)N1C(=O)N1CCC(CCC(=O)O)CC1. The Morgan fingerprint density at radius 3 is 2.14 bits per heavy atom. The number of carboxylic acids is 1. The van der Waals surface area contributed by atoms with Crippen LogP contribution in [0.2, 0.25) is 0 Å². The molecule has 0 aromatic carbocycles. The molecule has 1 N–H and O–H groups in total. The first kappa shape index (κ1) is 16.1. The number of carbonyl (C=O) groups is 2. The largest absolute Gasteiger partial charge is 0.481 e. The van der Waals surface area contributed by atoms with Crippen LogP contribution in [-0.4, -0.2) is 52.1 Å². The van der Waals surface area contributed by atoms with Gasteiger partial charge in [-0.2, -0.15) is 0 Å². The quantitative estimate of drug-likeness (QED) is 0.871. The number of likely N-dealkylation sites (tertiary alicyclic amines) is 2. The van der Waals surface area contributed by atoms with Crippen molar-refractivity contribution in [2.45, 2.75) is 70.9 Å². The molecule has 0 bridgehead atoms. The van der Waals surface area contributed by atoms with E-state index in [1.54, 1.807) is 0 Å². The lowest BCUT2D eigenvalue weighted by Crippen LogP contribution is -2.54. The van der Waals surface area contributed by atoms with Gasteiger partial charge in [-0.25, -0.2) is 4.79 Å². The minimum absolute atomic E-state index is 0.186. The number of urea groups is 1. The molecule has 2 aliphatic heterocycles. The number of amides is 2. The average Bonchev–Trinajstić information content (AvgIpc) is 2.45. The molecule has 5 nitrogen and oxygen atoms in total. The molecular formula is C16H28N2O3. The molecule has 0 aromatic heterocycles. The van der Waals surface area contributed by atoms with Gasteiger partial charge in [-0.1, -0.05) is 0 Å². The monoisotopic (exact) mass is 296 g/mol. The standard InChI is InChI=1S/C16H28N2O3/c1-12-4-3-5-13(2)18(12)16(21)17-10-8-14(9-11-17)6-7-15(19)20/h12-14H,3-11H2,1-2H3,(H,19,20). The van der Waals surface area contributed by atoms with Crippen molar-refractivity contribution in [3.8, 4) is 0 Å². The Labute approximate surface area is 127 Å². The summed E-state index contributed by atoms with van der Waals surface area (Å²) in [5.74, 6) is -0.258. The van der Waals surface area contributed by atoms with Crippen molar-refractivity contribution < 1.29 is 14.7 Å². The van der Waals surface area contributed by atoms with E-state index in [0.29, 0.717) is 18.0 Å². The summed E-state index contributed by atoms with van der Waals surface area (Å²) in [5, 5.41) is 8.74. The number of carbonyl (C=O) groups excluding carboxylic acids is 1. The molecule has 0 spiro atoms. The third-order valence-electron chi connectivity index (χ3n) is 5.07. The van der Waals surface area contributed by atoms with Crippen LogP contribution in [0.25, 0.3) is 0 Å². The molecule has 21 heavy (non-hydrogen) atoms. The lowest BCUT2D eigenvalue weighted by Gasteiger charge is -2.43. The van der Waals surface area contributed by atoms with Gasteiger partial charge in [0.2, 0.25) is 0 Å². The van der Waals surface area contributed by atoms with Gasteiger partial charge in [-0.05, 0) is 58.3 Å². The van der Waals surface area contributed by atoms with Crippen LogP contribution >= 0.6 is 0 Å². The van der Waals surface area contributed by atoms with E-state index in [2.05, 4.69) is 18.7 Å². The van der Waals surface area contributed by atoms with Crippen molar-refractivity contribution in [3.05, 3.63) is 0 Å². The lowest BCUT2D eigenvalue weighted by atomic mass is 9.92. The fraction of sp³-hybridized carbons (Fsp3) is 0.875. The predicted molar refractivity (Wildman–Crippen MR) is 81.2 cm³/mol. The van der Waals surface area contributed by atoms with E-state index in [0.717, 1.165) is 45.2 Å². The summed E-state index contributed by atoms with van der Waals surface area (Å²) in [6.45, 7) is 5.85. The van der Waals surface area contributed by atoms with Crippen molar-refractivity contribution in [1.82, 2.24) is 9.80 Å². The molecule has 0 saturated carbocycles. The highest BCUT2D eigenvalue weighted by molar-refractivity contribution is 5.75. The van der Waals surface area contributed by atoms with E-state index in [4.69, 9.17) is 5.11 Å². The third kappa shape index (κ3) is 4.11. The number of hydrogen-bond acceptors (Lipinski definition) is 2. The highest BCUT2D eigenvalue weighted by Crippen LogP contribution is 2.27. The topological polar surface area (TPSA) is 60.9 Å². The van der Waals surface area contributed by atoms with Gasteiger partial charge in [-0.15, -0.1) is 0 Å². The second-order valence-corrected chi connectivity index (χ2v) is 6.68. The maximum Gasteiger partial charge on any atom is 0.320 e. The minimum Gasteiger partial charge on any atom is -0.481 e. The van der Waals surface area contributed by atoms with Gasteiger partial charge in [0.15, 0.2) is 0 Å². The van der Waals surface area contributed by atoms with Crippen LogP contribution in [0, 0.1) is 5.92 Å². The lowest BCUT2D eigenvalue weighted by molar-refractivity contribution is -0.137. The molecule has 120 valence electrons. The van der Waals surface area contributed by atoms with E-state index >= 15 is 0 Å². The van der Waals surface area contributed by atoms with Crippen molar-refractivity contribution in [2.24, 2.45) is 5.92 Å². The zero-order chi connectivity index (χ0) is 15.4. The Morgan fingerprint density at radius 2 is 1.62 bits per heavy atom. The van der Waals surface area contributed by atoms with Crippen molar-refractivity contribution in [3.63, 3.8) is 0 Å². The number of hydrogen-bond donors (Lipinski definition) is 1. The molecule has 2 saturated heterocycles. The number of rotatable bonds is 3. The van der Waals surface area contributed by atoms with Gasteiger partial charge in [-0.3, -0.25) is 4.79 Å². The van der Waals surface area contributed by atoms with Gasteiger partial charge in [0.25, 0.3) is 0 Å². The first-order valence-electron chi connectivity index (χ1n) is 8.28. The van der Waals surface area contributed by atoms with Crippen molar-refractivity contribution in [2.75, 3.05) is 13.1 Å². The van der Waals surface area contributed by atoms with Crippen LogP contribution < -0.4 is 0 Å². The molecule has 0 radical (unpaired) electrons. The van der Waals surface area contributed by atoms with Gasteiger partial charge >= 0.3 is 12.0 Å². The van der Waals surface area contributed by atoms with Crippen molar-refractivity contribution in [1.29, 1.82) is 0 Å². The third-order valence-corrected chi connectivity index (χ3v) is 5.07. The first-order chi connectivity index (χ1) is 9.99. The van der Waals surface area contributed by atoms with Gasteiger partial charge in [0.05, 0.1) is 0 Å². The Hall–Kier alpha value is -1.26. The Balaban J connectivity index is 1.83. The Kier molecular flexibility index (Phi) is 5.48. The number of piperidine rings is 2. The summed E-state index contributed by atoms with van der Waals surface area (Å²) in [6.07, 6.45) is 6.29. The first-order valence-corrected chi connectivity index (χ1v) is 8.28. The van der Waals surface area contributed by atoms with Gasteiger partial charge in [0.1, 0.15) is 0 Å².